The molecule has 0 aromatic rings. The average molecular weight is 201 g/mol. The smallest absolute Gasteiger partial charge is 0.239 e. The first-order chi connectivity index (χ1) is 6.60. The van der Waals surface area contributed by atoms with Crippen LogP contribution in [0.15, 0.2) is 0 Å². The van der Waals surface area contributed by atoms with Gasteiger partial charge in [0.2, 0.25) is 11.8 Å². The zero-order chi connectivity index (χ0) is 11.0. The topological polar surface area (TPSA) is 84.2 Å². The van der Waals surface area contributed by atoms with Gasteiger partial charge in [0.25, 0.3) is 0 Å². The van der Waals surface area contributed by atoms with E-state index in [1.54, 1.807) is 0 Å². The number of likely N-dealkylation sites (N-methyl/N-ethyl adjacent to an activating group) is 1. The Kier molecular flexibility index (Phi) is 6.74. The van der Waals surface area contributed by atoms with Gasteiger partial charge in [-0.25, -0.2) is 0 Å². The van der Waals surface area contributed by atoms with Crippen molar-refractivity contribution in [1.29, 1.82) is 0 Å². The van der Waals surface area contributed by atoms with Crippen molar-refractivity contribution in [2.24, 2.45) is 5.73 Å². The Morgan fingerprint density at radius 1 is 1.36 bits per heavy atom. The Morgan fingerprint density at radius 2 is 2.00 bits per heavy atom. The molecule has 0 saturated carbocycles. The molecule has 0 aliphatic heterocycles. The third-order valence-corrected chi connectivity index (χ3v) is 1.83. The highest BCUT2D eigenvalue weighted by Crippen LogP contribution is 1.97. The van der Waals surface area contributed by atoms with Crippen LogP contribution in [0.25, 0.3) is 0 Å². The van der Waals surface area contributed by atoms with Gasteiger partial charge in [-0.15, -0.1) is 0 Å². The Bertz CT molecular complexity index is 194. The molecule has 0 radical (unpaired) electrons. The fourth-order valence-electron chi connectivity index (χ4n) is 1.05. The average Bonchev–Trinajstić information content (AvgIpc) is 2.14. The third kappa shape index (κ3) is 6.42. The quantitative estimate of drug-likeness (QED) is 0.535. The number of amides is 2. The minimum absolute atomic E-state index is 0.0220. The van der Waals surface area contributed by atoms with Gasteiger partial charge in [-0.05, 0) is 6.42 Å². The Morgan fingerprint density at radius 3 is 2.50 bits per heavy atom. The van der Waals surface area contributed by atoms with Crippen molar-refractivity contribution in [2.75, 3.05) is 13.6 Å². The molecular weight excluding hydrogens is 182 g/mol. The number of hydrogen-bond acceptors (Lipinski definition) is 3. The number of nitrogens with two attached hydrogens (primary N) is 1. The van der Waals surface area contributed by atoms with Gasteiger partial charge < -0.3 is 16.4 Å². The molecule has 0 aromatic carbocycles. The van der Waals surface area contributed by atoms with Crippen LogP contribution in [0, 0.1) is 0 Å². The molecule has 0 bridgehead atoms. The lowest BCUT2D eigenvalue weighted by atomic mass is 10.1. The highest BCUT2D eigenvalue weighted by molar-refractivity contribution is 5.84. The molecule has 0 rings (SSSR count). The van der Waals surface area contributed by atoms with E-state index in [0.717, 1.165) is 12.8 Å². The number of carbonyl (C=O) groups excluding carboxylic acids is 2. The van der Waals surface area contributed by atoms with Crippen LogP contribution in [0.3, 0.4) is 0 Å². The lowest BCUT2D eigenvalue weighted by Crippen LogP contribution is -2.37. The summed E-state index contributed by atoms with van der Waals surface area (Å²) in [6.45, 7) is 2.04. The molecule has 2 amide bonds. The van der Waals surface area contributed by atoms with Crippen molar-refractivity contribution < 1.29 is 9.59 Å². The molecular formula is C9H19N3O2. The Hall–Kier alpha value is -1.10. The molecule has 5 nitrogen and oxygen atoms in total. The molecule has 0 aliphatic rings. The lowest BCUT2D eigenvalue weighted by molar-refractivity contribution is -0.126. The van der Waals surface area contributed by atoms with E-state index in [9.17, 15) is 9.59 Å². The summed E-state index contributed by atoms with van der Waals surface area (Å²) in [5.74, 6) is -0.378. The largest absolute Gasteiger partial charge is 0.358 e. The number of rotatable bonds is 6. The predicted molar refractivity (Wildman–Crippen MR) is 54.6 cm³/mol. The van der Waals surface area contributed by atoms with Crippen molar-refractivity contribution in [3.8, 4) is 0 Å². The van der Waals surface area contributed by atoms with Crippen LogP contribution in [-0.4, -0.2) is 31.4 Å². The van der Waals surface area contributed by atoms with Crippen LogP contribution in [0.1, 0.15) is 26.2 Å². The fourth-order valence-corrected chi connectivity index (χ4v) is 1.05. The minimum Gasteiger partial charge on any atom is -0.358 e. The molecule has 0 fully saturated rings. The van der Waals surface area contributed by atoms with E-state index >= 15 is 0 Å². The molecule has 0 heterocycles. The first-order valence-corrected chi connectivity index (χ1v) is 4.83. The number of carbonyl (C=O) groups is 2. The summed E-state index contributed by atoms with van der Waals surface area (Å²) >= 11 is 0. The summed E-state index contributed by atoms with van der Waals surface area (Å²) in [6.07, 6.45) is 2.07. The summed E-state index contributed by atoms with van der Waals surface area (Å²) in [4.78, 5) is 21.9. The second-order valence-electron chi connectivity index (χ2n) is 3.20. The van der Waals surface area contributed by atoms with E-state index in [0.29, 0.717) is 0 Å². The molecule has 4 N–H and O–H groups in total. The van der Waals surface area contributed by atoms with Crippen molar-refractivity contribution in [2.45, 2.75) is 32.2 Å². The third-order valence-electron chi connectivity index (χ3n) is 1.83. The maximum absolute atomic E-state index is 11.2. The normalized spacial score (nSPS) is 11.9. The first kappa shape index (κ1) is 12.9. The molecule has 1 unspecified atom stereocenters. The monoisotopic (exact) mass is 201 g/mol. The van der Waals surface area contributed by atoms with Crippen molar-refractivity contribution in [1.82, 2.24) is 10.6 Å². The van der Waals surface area contributed by atoms with E-state index in [2.05, 4.69) is 10.6 Å². The maximum Gasteiger partial charge on any atom is 0.239 e. The zero-order valence-electron chi connectivity index (χ0n) is 8.80. The van der Waals surface area contributed by atoms with Crippen molar-refractivity contribution >= 4 is 11.8 Å². The van der Waals surface area contributed by atoms with Gasteiger partial charge in [0.15, 0.2) is 0 Å². The van der Waals surface area contributed by atoms with Crippen LogP contribution < -0.4 is 16.4 Å². The standard InChI is InChI=1S/C9H19N3O2/c1-3-4-7(10)5-8(13)12-6-9(14)11-2/h7H,3-6,10H2,1-2H3,(H,11,14)(H,12,13). The molecule has 5 heteroatoms. The van der Waals surface area contributed by atoms with E-state index < -0.39 is 0 Å². The molecule has 14 heavy (non-hydrogen) atoms. The van der Waals surface area contributed by atoms with Crippen molar-refractivity contribution in [3.05, 3.63) is 0 Å². The van der Waals surface area contributed by atoms with E-state index in [1.165, 1.54) is 7.05 Å². The van der Waals surface area contributed by atoms with Gasteiger partial charge in [-0.2, -0.15) is 0 Å². The molecule has 1 atom stereocenters. The molecule has 0 spiro atoms. The summed E-state index contributed by atoms with van der Waals surface area (Å²) in [6, 6.07) is -0.107. The molecule has 82 valence electrons. The summed E-state index contributed by atoms with van der Waals surface area (Å²) < 4.78 is 0. The van der Waals surface area contributed by atoms with Crippen LogP contribution in [-0.2, 0) is 9.59 Å². The minimum atomic E-state index is -0.206. The Labute approximate surface area is 84.4 Å². The summed E-state index contributed by atoms with van der Waals surface area (Å²) in [7, 11) is 1.53. The van der Waals surface area contributed by atoms with Gasteiger partial charge in [0, 0.05) is 19.5 Å². The summed E-state index contributed by atoms with van der Waals surface area (Å²) in [5.41, 5.74) is 5.66. The van der Waals surface area contributed by atoms with Gasteiger partial charge in [-0.1, -0.05) is 13.3 Å². The second kappa shape index (κ2) is 7.32. The van der Waals surface area contributed by atoms with Gasteiger partial charge in [0.05, 0.1) is 6.54 Å². The highest BCUT2D eigenvalue weighted by atomic mass is 16.2. The van der Waals surface area contributed by atoms with Crippen LogP contribution in [0.2, 0.25) is 0 Å². The van der Waals surface area contributed by atoms with E-state index in [1.807, 2.05) is 6.92 Å². The predicted octanol–water partition coefficient (Wildman–Crippen LogP) is -0.634. The first-order valence-electron chi connectivity index (χ1n) is 4.83. The molecule has 0 aromatic heterocycles. The number of nitrogens with one attached hydrogen (secondary N) is 2. The molecule has 0 aliphatic carbocycles. The fraction of sp³-hybridized carbons (Fsp3) is 0.778. The van der Waals surface area contributed by atoms with Gasteiger partial charge in [0.1, 0.15) is 0 Å². The SMILES string of the molecule is CCCC(N)CC(=O)NCC(=O)NC. The lowest BCUT2D eigenvalue weighted by Gasteiger charge is -2.09. The van der Waals surface area contributed by atoms with Gasteiger partial charge >= 0.3 is 0 Å². The van der Waals surface area contributed by atoms with Gasteiger partial charge in [-0.3, -0.25) is 9.59 Å². The second-order valence-corrected chi connectivity index (χ2v) is 3.20. The van der Waals surface area contributed by atoms with E-state index in [4.69, 9.17) is 5.73 Å². The number of hydrogen-bond donors (Lipinski definition) is 3. The van der Waals surface area contributed by atoms with Crippen LogP contribution >= 0.6 is 0 Å². The van der Waals surface area contributed by atoms with Crippen molar-refractivity contribution in [3.63, 3.8) is 0 Å². The highest BCUT2D eigenvalue weighted by Gasteiger charge is 2.08. The van der Waals surface area contributed by atoms with Crippen LogP contribution in [0.5, 0.6) is 0 Å². The van der Waals surface area contributed by atoms with E-state index in [-0.39, 0.29) is 30.8 Å². The zero-order valence-corrected chi connectivity index (χ0v) is 8.80. The van der Waals surface area contributed by atoms with Crippen LogP contribution in [0.4, 0.5) is 0 Å². The maximum atomic E-state index is 11.2. The summed E-state index contributed by atoms with van der Waals surface area (Å²) in [5, 5.41) is 4.91. The Balaban J connectivity index is 3.59. The molecule has 0 saturated heterocycles.